The van der Waals surface area contributed by atoms with Gasteiger partial charge in [0.1, 0.15) is 17.8 Å². The highest BCUT2D eigenvalue weighted by Gasteiger charge is 2.54. The molecular weight excluding hydrogens is 704 g/mol. The summed E-state index contributed by atoms with van der Waals surface area (Å²) in [6, 6.07) is 0. The van der Waals surface area contributed by atoms with E-state index in [9.17, 15) is 33.6 Å². The van der Waals surface area contributed by atoms with Gasteiger partial charge in [-0.3, -0.25) is 24.0 Å². The van der Waals surface area contributed by atoms with E-state index < -0.39 is 58.8 Å². The van der Waals surface area contributed by atoms with Gasteiger partial charge in [-0.2, -0.15) is 0 Å². The van der Waals surface area contributed by atoms with Crippen molar-refractivity contribution in [3.05, 3.63) is 48.6 Å². The Morgan fingerprint density at radius 1 is 0.611 bits per heavy atom. The molecule has 14 heteroatoms. The Balaban J connectivity index is 0.000000171. The van der Waals surface area contributed by atoms with Crippen molar-refractivity contribution >= 4 is 41.8 Å². The number of hydrogen-bond acceptors (Lipinski definition) is 12. The molecule has 0 spiro atoms. The molecule has 7 rings (SSSR count). The molecule has 7 aliphatic rings. The minimum atomic E-state index is -0.982. The predicted molar refractivity (Wildman–Crippen MR) is 190 cm³/mol. The van der Waals surface area contributed by atoms with Crippen LogP contribution in [0.3, 0.4) is 0 Å². The van der Waals surface area contributed by atoms with Gasteiger partial charge in [0, 0.05) is 12.2 Å². The molecule has 3 N–H and O–H groups in total. The molecule has 1 aliphatic heterocycles. The second kappa shape index (κ2) is 17.3. The number of carbonyl (C=O) groups excluding carboxylic acids is 5. The molecule has 0 aromatic rings. The average Bonchev–Trinajstić information content (AvgIpc) is 3.93. The minimum absolute atomic E-state index is 0.0570. The number of allylic oxidation sites excluding steroid dienone is 6. The number of aliphatic hydroxyl groups is 1. The van der Waals surface area contributed by atoms with Crippen LogP contribution in [0.25, 0.3) is 0 Å². The summed E-state index contributed by atoms with van der Waals surface area (Å²) < 4.78 is 19.9. The van der Waals surface area contributed by atoms with E-state index in [2.05, 4.69) is 16.9 Å². The lowest BCUT2D eigenvalue weighted by molar-refractivity contribution is -0.173. The molecule has 11 atom stereocenters. The molecule has 296 valence electrons. The van der Waals surface area contributed by atoms with E-state index in [0.29, 0.717) is 18.3 Å². The molecule has 6 bridgehead atoms. The molecule has 3 fully saturated rings. The van der Waals surface area contributed by atoms with Crippen LogP contribution < -0.4 is 0 Å². The summed E-state index contributed by atoms with van der Waals surface area (Å²) >= 11 is 0. The normalized spacial score (nSPS) is 32.8. The van der Waals surface area contributed by atoms with Gasteiger partial charge in [-0.25, -0.2) is 9.59 Å². The average molecular weight is 757 g/mol. The van der Waals surface area contributed by atoms with Crippen molar-refractivity contribution in [3.8, 4) is 0 Å². The Hall–Kier alpha value is -4.59. The van der Waals surface area contributed by atoms with Gasteiger partial charge < -0.3 is 34.3 Å². The maximum Gasteiger partial charge on any atom is 0.338 e. The Morgan fingerprint density at radius 2 is 1.02 bits per heavy atom. The summed E-state index contributed by atoms with van der Waals surface area (Å²) in [7, 11) is 0. The predicted octanol–water partition coefficient (Wildman–Crippen LogP) is 4.06. The van der Waals surface area contributed by atoms with E-state index >= 15 is 0 Å². The molecule has 0 amide bonds. The fourth-order valence-electron chi connectivity index (χ4n) is 8.31. The molecule has 3 saturated carbocycles. The van der Waals surface area contributed by atoms with Gasteiger partial charge in [0.05, 0.1) is 36.2 Å². The number of ether oxygens (including phenoxy) is 4. The first-order valence-electron chi connectivity index (χ1n) is 18.4. The monoisotopic (exact) mass is 756 g/mol. The van der Waals surface area contributed by atoms with Gasteiger partial charge in [0.25, 0.3) is 0 Å². The minimum Gasteiger partial charge on any atom is -0.481 e. The third kappa shape index (κ3) is 10.8. The smallest absolute Gasteiger partial charge is 0.338 e. The number of rotatable bonds is 7. The van der Waals surface area contributed by atoms with Crippen LogP contribution in [0.2, 0.25) is 0 Å². The van der Waals surface area contributed by atoms with E-state index in [4.69, 9.17) is 29.5 Å². The summed E-state index contributed by atoms with van der Waals surface area (Å²) in [4.78, 5) is 77.8. The van der Waals surface area contributed by atoms with Crippen molar-refractivity contribution in [3.63, 3.8) is 0 Å². The first-order chi connectivity index (χ1) is 25.2. The lowest BCUT2D eigenvalue weighted by Gasteiger charge is -2.30. The number of cyclic esters (lactones) is 2. The largest absolute Gasteiger partial charge is 0.481 e. The van der Waals surface area contributed by atoms with E-state index in [1.54, 1.807) is 0 Å². The van der Waals surface area contributed by atoms with Gasteiger partial charge in [-0.15, -0.1) is 0 Å². The van der Waals surface area contributed by atoms with Crippen LogP contribution in [0, 0.1) is 65.1 Å². The lowest BCUT2D eigenvalue weighted by atomic mass is 9.83. The number of carboxylic acids is 2. The van der Waals surface area contributed by atoms with E-state index in [0.717, 1.165) is 31.4 Å². The van der Waals surface area contributed by atoms with E-state index in [1.165, 1.54) is 0 Å². The van der Waals surface area contributed by atoms with Gasteiger partial charge in [0.15, 0.2) is 0 Å². The molecule has 6 aliphatic carbocycles. The van der Waals surface area contributed by atoms with E-state index in [-0.39, 0.29) is 60.7 Å². The molecule has 1 heterocycles. The van der Waals surface area contributed by atoms with Gasteiger partial charge in [-0.05, 0) is 103 Å². The summed E-state index contributed by atoms with van der Waals surface area (Å²) in [6.45, 7) is 11.1. The molecule has 0 aromatic carbocycles. The third-order valence-corrected chi connectivity index (χ3v) is 10.3. The molecule has 0 saturated heterocycles. The third-order valence-electron chi connectivity index (χ3n) is 10.3. The van der Waals surface area contributed by atoms with Crippen LogP contribution in [0.1, 0.15) is 67.2 Å². The fraction of sp³-hybridized carbons (Fsp3) is 0.625. The summed E-state index contributed by atoms with van der Waals surface area (Å²) in [5, 5.41) is 26.2. The highest BCUT2D eigenvalue weighted by molar-refractivity contribution is 6.04. The Kier molecular flexibility index (Phi) is 13.5. The fourth-order valence-corrected chi connectivity index (χ4v) is 8.31. The number of aliphatic carboxylic acids is 2. The Labute approximate surface area is 314 Å². The summed E-state index contributed by atoms with van der Waals surface area (Å²) in [5.74, 6) is -4.95. The standard InChI is InChI=1S/C17H26O4.C10H14O3.C9H10O4.C4H2O3/c1-16(2,3)20-14(18)12-10-7-8-11(9-10)13(12)15(19)21-17(4,5)6;11-3-4-13-10(12)9-6-7-1-2-8(9)5-7;10-8(11)6-4-1-2-5(3-4)7(6)9(12)13;5-3-1-2-4(6)7-3/h7-8,10-13H,9H2,1-6H3;1-2,7-9,11H,3-6H2;1-2,4-7H,3H2,(H,10,11)(H,12,13);1-2H. The number of carboxylic acid groups (broad SMARTS) is 2. The van der Waals surface area contributed by atoms with Crippen LogP contribution in [-0.4, -0.2) is 81.5 Å². The zero-order valence-corrected chi connectivity index (χ0v) is 31.5. The zero-order valence-electron chi connectivity index (χ0n) is 31.5. The Bertz CT molecular complexity index is 1500. The molecule has 11 unspecified atom stereocenters. The number of esters is 5. The van der Waals surface area contributed by atoms with Crippen molar-refractivity contribution < 1.29 is 67.8 Å². The zero-order chi connectivity index (χ0) is 40.1. The maximum atomic E-state index is 12.5. The van der Waals surface area contributed by atoms with Crippen LogP contribution in [-0.2, 0) is 52.5 Å². The van der Waals surface area contributed by atoms with Crippen molar-refractivity contribution in [2.24, 2.45) is 65.1 Å². The van der Waals surface area contributed by atoms with Crippen molar-refractivity contribution in [1.82, 2.24) is 0 Å². The van der Waals surface area contributed by atoms with E-state index in [1.807, 2.05) is 65.8 Å². The first kappa shape index (κ1) is 42.2. The maximum absolute atomic E-state index is 12.5. The number of carbonyl (C=O) groups is 7. The van der Waals surface area contributed by atoms with Gasteiger partial charge in [-0.1, -0.05) is 36.5 Å². The number of fused-ring (bicyclic) bond motifs is 6. The quantitative estimate of drug-likeness (QED) is 0.145. The van der Waals surface area contributed by atoms with Crippen molar-refractivity contribution in [1.29, 1.82) is 0 Å². The summed E-state index contributed by atoms with van der Waals surface area (Å²) in [6.07, 6.45) is 17.8. The molecular formula is C40H52O14. The van der Waals surface area contributed by atoms with Crippen molar-refractivity contribution in [2.45, 2.75) is 78.4 Å². The molecule has 14 nitrogen and oxygen atoms in total. The topological polar surface area (TPSA) is 217 Å². The second-order valence-electron chi connectivity index (χ2n) is 16.6. The SMILES string of the molecule is CC(C)(C)OC(=O)C1C2C=CC(C2)C1C(=O)OC(C)(C)C.O=C(O)C1C2C=CC(C2)C1C(=O)O.O=C(OCCO)C1CC2C=CC1C2.O=C1C=CC(=O)O1. The lowest BCUT2D eigenvalue weighted by Crippen LogP contribution is -2.40. The number of hydrogen-bond donors (Lipinski definition) is 3. The second-order valence-corrected chi connectivity index (χ2v) is 16.6. The highest BCUT2D eigenvalue weighted by atomic mass is 16.6. The number of aliphatic hydroxyl groups excluding tert-OH is 1. The molecule has 0 aromatic heterocycles. The Morgan fingerprint density at radius 3 is 1.31 bits per heavy atom. The van der Waals surface area contributed by atoms with Crippen LogP contribution >= 0.6 is 0 Å². The van der Waals surface area contributed by atoms with Gasteiger partial charge >= 0.3 is 41.8 Å². The van der Waals surface area contributed by atoms with Crippen LogP contribution in [0.15, 0.2) is 48.6 Å². The highest BCUT2D eigenvalue weighted by Crippen LogP contribution is 2.50. The molecule has 54 heavy (non-hydrogen) atoms. The van der Waals surface area contributed by atoms with Crippen LogP contribution in [0.5, 0.6) is 0 Å². The van der Waals surface area contributed by atoms with Gasteiger partial charge in [0.2, 0.25) is 0 Å². The first-order valence-corrected chi connectivity index (χ1v) is 18.4. The van der Waals surface area contributed by atoms with Crippen molar-refractivity contribution in [2.75, 3.05) is 13.2 Å². The summed E-state index contributed by atoms with van der Waals surface area (Å²) in [5.41, 5.74) is -1.08. The molecule has 0 radical (unpaired) electrons. The van der Waals surface area contributed by atoms with Crippen LogP contribution in [0.4, 0.5) is 0 Å².